The monoisotopic (exact) mass is 338 g/mol. The van der Waals surface area contributed by atoms with Gasteiger partial charge in [0.2, 0.25) is 0 Å². The summed E-state index contributed by atoms with van der Waals surface area (Å²) in [4.78, 5) is 12.1. The number of hydrogen-bond donors (Lipinski definition) is 0. The van der Waals surface area contributed by atoms with Crippen molar-refractivity contribution in [2.24, 2.45) is 5.92 Å². The lowest BCUT2D eigenvalue weighted by molar-refractivity contribution is -0.148. The Morgan fingerprint density at radius 3 is 2.56 bits per heavy atom. The van der Waals surface area contributed by atoms with Crippen LogP contribution in [-0.4, -0.2) is 11.6 Å². The second-order valence-electron chi connectivity index (χ2n) is 7.78. The Hall–Kier alpha value is -2.09. The molecule has 2 rings (SSSR count). The van der Waals surface area contributed by atoms with Crippen molar-refractivity contribution in [3.63, 3.8) is 0 Å². The van der Waals surface area contributed by atoms with E-state index in [0.29, 0.717) is 5.92 Å². The summed E-state index contributed by atoms with van der Waals surface area (Å²) in [6.07, 6.45) is 6.84. The van der Waals surface area contributed by atoms with Crippen LogP contribution in [0.15, 0.2) is 42.5 Å². The molecule has 2 aromatic carbocycles. The molecule has 0 spiro atoms. The first-order valence-electron chi connectivity index (χ1n) is 9.22. The molecule has 0 radical (unpaired) electrons. The van der Waals surface area contributed by atoms with E-state index in [1.54, 1.807) is 6.08 Å². The molecule has 2 nitrogen and oxygen atoms in total. The molecule has 0 aliphatic rings. The Balaban J connectivity index is 2.34. The van der Waals surface area contributed by atoms with Crippen LogP contribution in [0.4, 0.5) is 0 Å². The van der Waals surface area contributed by atoms with Gasteiger partial charge in [-0.3, -0.25) is 0 Å². The van der Waals surface area contributed by atoms with Crippen molar-refractivity contribution in [2.75, 3.05) is 0 Å². The highest BCUT2D eigenvalue weighted by molar-refractivity contribution is 5.96. The van der Waals surface area contributed by atoms with Gasteiger partial charge in [0, 0.05) is 6.08 Å². The summed E-state index contributed by atoms with van der Waals surface area (Å²) in [6, 6.07) is 12.7. The molecule has 0 fully saturated rings. The molecule has 134 valence electrons. The topological polar surface area (TPSA) is 26.3 Å². The molecule has 0 saturated carbocycles. The van der Waals surface area contributed by atoms with Gasteiger partial charge in [0.05, 0.1) is 0 Å². The summed E-state index contributed by atoms with van der Waals surface area (Å²) in [7, 11) is 0. The number of fused-ring (bicyclic) bond motifs is 1. The normalized spacial score (nSPS) is 13.3. The number of hydrogen-bond acceptors (Lipinski definition) is 2. The number of aryl methyl sites for hydroxylation is 1. The molecule has 0 heterocycles. The van der Waals surface area contributed by atoms with Crippen LogP contribution in [0, 0.1) is 5.92 Å². The number of benzene rings is 2. The number of carbonyl (C=O) groups is 1. The summed E-state index contributed by atoms with van der Waals surface area (Å²) >= 11 is 0. The van der Waals surface area contributed by atoms with Gasteiger partial charge in [-0.2, -0.15) is 0 Å². The largest absolute Gasteiger partial charge is 0.457 e. The van der Waals surface area contributed by atoms with Gasteiger partial charge in [0.25, 0.3) is 0 Å². The fourth-order valence-corrected chi connectivity index (χ4v) is 2.85. The van der Waals surface area contributed by atoms with Crippen molar-refractivity contribution in [1.82, 2.24) is 0 Å². The van der Waals surface area contributed by atoms with Gasteiger partial charge in [-0.05, 0) is 67.5 Å². The molecule has 2 aromatic rings. The lowest BCUT2D eigenvalue weighted by Gasteiger charge is -2.18. The molecular weight excluding hydrogens is 308 g/mol. The van der Waals surface area contributed by atoms with Gasteiger partial charge in [-0.1, -0.05) is 56.7 Å². The number of carbonyl (C=O) groups excluding carboxylic acids is 1. The van der Waals surface area contributed by atoms with Crippen molar-refractivity contribution in [3.8, 4) is 0 Å². The van der Waals surface area contributed by atoms with Crippen LogP contribution in [-0.2, 0) is 16.0 Å². The summed E-state index contributed by atoms with van der Waals surface area (Å²) in [5, 5.41) is 2.38. The van der Waals surface area contributed by atoms with E-state index in [1.165, 1.54) is 22.8 Å². The smallest absolute Gasteiger partial charge is 0.331 e. The highest BCUT2D eigenvalue weighted by Gasteiger charge is 2.14. The van der Waals surface area contributed by atoms with Crippen molar-refractivity contribution in [2.45, 2.75) is 59.5 Å². The molecule has 1 atom stereocenters. The second-order valence-corrected chi connectivity index (χ2v) is 7.78. The molecule has 2 heteroatoms. The van der Waals surface area contributed by atoms with Crippen LogP contribution < -0.4 is 0 Å². The SMILES string of the molecule is CCC(C)CCc1ccc2ccccc2c1/C=C/C(=O)OC(C)(C)C. The Morgan fingerprint density at radius 1 is 1.16 bits per heavy atom. The van der Waals surface area contributed by atoms with E-state index in [1.807, 2.05) is 39.0 Å². The van der Waals surface area contributed by atoms with Crippen LogP contribution in [0.25, 0.3) is 16.8 Å². The lowest BCUT2D eigenvalue weighted by Crippen LogP contribution is -2.22. The molecule has 25 heavy (non-hydrogen) atoms. The summed E-state index contributed by atoms with van der Waals surface area (Å²) in [5.41, 5.74) is 1.95. The quantitative estimate of drug-likeness (QED) is 0.465. The van der Waals surface area contributed by atoms with E-state index in [0.717, 1.165) is 18.4 Å². The predicted molar refractivity (Wildman–Crippen MR) is 107 cm³/mol. The Labute approximate surface area is 151 Å². The third kappa shape index (κ3) is 5.74. The maximum absolute atomic E-state index is 12.1. The minimum atomic E-state index is -0.473. The van der Waals surface area contributed by atoms with E-state index < -0.39 is 5.60 Å². The van der Waals surface area contributed by atoms with Gasteiger partial charge < -0.3 is 4.74 Å². The third-order valence-electron chi connectivity index (χ3n) is 4.46. The van der Waals surface area contributed by atoms with Gasteiger partial charge in [0.1, 0.15) is 5.60 Å². The summed E-state index contributed by atoms with van der Waals surface area (Å²) < 4.78 is 5.40. The first-order valence-corrected chi connectivity index (χ1v) is 9.22. The molecule has 0 amide bonds. The summed E-state index contributed by atoms with van der Waals surface area (Å²) in [6.45, 7) is 10.2. The molecule has 0 saturated heterocycles. The summed E-state index contributed by atoms with van der Waals surface area (Å²) in [5.74, 6) is 0.405. The zero-order valence-electron chi connectivity index (χ0n) is 16.1. The van der Waals surface area contributed by atoms with Gasteiger partial charge in [0.15, 0.2) is 0 Å². The van der Waals surface area contributed by atoms with Crippen LogP contribution in [0.2, 0.25) is 0 Å². The Kier molecular flexibility index (Phi) is 6.41. The van der Waals surface area contributed by atoms with Crippen LogP contribution in [0.3, 0.4) is 0 Å². The molecule has 0 bridgehead atoms. The van der Waals surface area contributed by atoms with Gasteiger partial charge in [-0.15, -0.1) is 0 Å². The van der Waals surface area contributed by atoms with Crippen molar-refractivity contribution < 1.29 is 9.53 Å². The first kappa shape index (κ1) is 19.2. The molecular formula is C23H30O2. The fourth-order valence-electron chi connectivity index (χ4n) is 2.85. The van der Waals surface area contributed by atoms with Gasteiger partial charge >= 0.3 is 5.97 Å². The van der Waals surface area contributed by atoms with Crippen LogP contribution >= 0.6 is 0 Å². The second kappa shape index (κ2) is 8.33. The average Bonchev–Trinajstić information content (AvgIpc) is 2.56. The van der Waals surface area contributed by atoms with Crippen molar-refractivity contribution >= 4 is 22.8 Å². The fraction of sp³-hybridized carbons (Fsp3) is 0.435. The number of rotatable bonds is 6. The van der Waals surface area contributed by atoms with E-state index in [9.17, 15) is 4.79 Å². The predicted octanol–water partition coefficient (Wildman–Crippen LogP) is 6.17. The van der Waals surface area contributed by atoms with Crippen LogP contribution in [0.5, 0.6) is 0 Å². The van der Waals surface area contributed by atoms with E-state index in [4.69, 9.17) is 4.74 Å². The maximum Gasteiger partial charge on any atom is 0.331 e. The van der Waals surface area contributed by atoms with Crippen LogP contribution in [0.1, 0.15) is 58.6 Å². The number of ether oxygens (including phenoxy) is 1. The van der Waals surface area contributed by atoms with Crippen molar-refractivity contribution in [1.29, 1.82) is 0 Å². The Bertz CT molecular complexity index is 750. The molecule has 1 unspecified atom stereocenters. The van der Waals surface area contributed by atoms with Crippen molar-refractivity contribution in [3.05, 3.63) is 53.6 Å². The lowest BCUT2D eigenvalue weighted by atomic mass is 9.92. The number of esters is 1. The minimum Gasteiger partial charge on any atom is -0.457 e. The van der Waals surface area contributed by atoms with Gasteiger partial charge in [-0.25, -0.2) is 4.79 Å². The standard InChI is InChI=1S/C23H30O2/c1-6-17(2)11-12-19-14-13-18-9-7-8-10-20(18)21(19)15-16-22(24)25-23(3,4)5/h7-10,13-17H,6,11-12H2,1-5H3/b16-15+. The molecule has 0 aromatic heterocycles. The Morgan fingerprint density at radius 2 is 1.88 bits per heavy atom. The molecule has 0 N–H and O–H groups in total. The minimum absolute atomic E-state index is 0.298. The van der Waals surface area contributed by atoms with E-state index >= 15 is 0 Å². The zero-order chi connectivity index (χ0) is 18.4. The third-order valence-corrected chi connectivity index (χ3v) is 4.46. The van der Waals surface area contributed by atoms with E-state index in [2.05, 4.69) is 38.1 Å². The zero-order valence-corrected chi connectivity index (χ0v) is 16.1. The first-order chi connectivity index (χ1) is 11.8. The average molecular weight is 338 g/mol. The van der Waals surface area contributed by atoms with E-state index in [-0.39, 0.29) is 5.97 Å². The maximum atomic E-state index is 12.1. The highest BCUT2D eigenvalue weighted by atomic mass is 16.6. The molecule has 0 aliphatic carbocycles. The molecule has 0 aliphatic heterocycles. The highest BCUT2D eigenvalue weighted by Crippen LogP contribution is 2.26.